The van der Waals surface area contributed by atoms with Crippen molar-refractivity contribution in [3.8, 4) is 0 Å². The first-order valence-electron chi connectivity index (χ1n) is 6.27. The number of rotatable bonds is 4. The number of sulfonamides is 1. The summed E-state index contributed by atoms with van der Waals surface area (Å²) in [4.78, 5) is 4.24. The van der Waals surface area contributed by atoms with E-state index in [9.17, 15) is 8.42 Å². The molecule has 0 aliphatic rings. The second-order valence-corrected chi connectivity index (χ2v) is 6.88. The molecule has 0 unspecified atom stereocenters. The number of anilines is 1. The largest absolute Gasteiger partial charge is 0.397 e. The molecular formula is C14H16ClN3O2S. The molecule has 0 spiro atoms. The number of nitrogens with two attached hydrogens (primary N) is 1. The van der Waals surface area contributed by atoms with E-state index in [-0.39, 0.29) is 17.1 Å². The van der Waals surface area contributed by atoms with Crippen LogP contribution in [0.25, 0.3) is 0 Å². The molecule has 0 saturated heterocycles. The molecule has 0 radical (unpaired) electrons. The molecule has 7 heteroatoms. The zero-order valence-corrected chi connectivity index (χ0v) is 13.3. The lowest BCUT2D eigenvalue weighted by Crippen LogP contribution is -2.24. The number of aryl methyl sites for hydroxylation is 2. The zero-order chi connectivity index (χ0) is 15.6. The van der Waals surface area contributed by atoms with Gasteiger partial charge in [-0.15, -0.1) is 0 Å². The maximum absolute atomic E-state index is 12.3. The van der Waals surface area contributed by atoms with E-state index >= 15 is 0 Å². The molecule has 0 atom stereocenters. The molecule has 0 fully saturated rings. The minimum Gasteiger partial charge on any atom is -0.397 e. The molecule has 3 N–H and O–H groups in total. The average Bonchev–Trinajstić information content (AvgIpc) is 2.43. The summed E-state index contributed by atoms with van der Waals surface area (Å²) >= 11 is 5.94. The van der Waals surface area contributed by atoms with E-state index < -0.39 is 10.0 Å². The van der Waals surface area contributed by atoms with Crippen molar-refractivity contribution in [3.05, 3.63) is 52.3 Å². The lowest BCUT2D eigenvalue weighted by Gasteiger charge is -2.10. The molecule has 2 rings (SSSR count). The van der Waals surface area contributed by atoms with Crippen LogP contribution in [0.1, 0.15) is 16.8 Å². The standard InChI is InChI=1S/C14H16ClN3O2S/c1-9-4-3-5-17-13(9)8-18-21(19,20)11-6-10(2)14(15)12(16)7-11/h3-7,18H,8,16H2,1-2H3. The van der Waals surface area contributed by atoms with Crippen LogP contribution in [0.5, 0.6) is 0 Å². The molecule has 0 saturated carbocycles. The van der Waals surface area contributed by atoms with Crippen LogP contribution in [-0.4, -0.2) is 13.4 Å². The highest BCUT2D eigenvalue weighted by Crippen LogP contribution is 2.26. The maximum Gasteiger partial charge on any atom is 0.241 e. The van der Waals surface area contributed by atoms with Crippen LogP contribution >= 0.6 is 11.6 Å². The maximum atomic E-state index is 12.3. The van der Waals surface area contributed by atoms with Crippen molar-refractivity contribution < 1.29 is 8.42 Å². The molecule has 21 heavy (non-hydrogen) atoms. The molecule has 1 aromatic heterocycles. The summed E-state index contributed by atoms with van der Waals surface area (Å²) in [6, 6.07) is 6.52. The van der Waals surface area contributed by atoms with Crippen molar-refractivity contribution in [1.29, 1.82) is 0 Å². The summed E-state index contributed by atoms with van der Waals surface area (Å²) < 4.78 is 27.1. The van der Waals surface area contributed by atoms with E-state index in [1.54, 1.807) is 19.2 Å². The summed E-state index contributed by atoms with van der Waals surface area (Å²) in [6.45, 7) is 3.71. The molecule has 2 aromatic rings. The number of benzene rings is 1. The highest BCUT2D eigenvalue weighted by atomic mass is 35.5. The predicted molar refractivity (Wildman–Crippen MR) is 83.6 cm³/mol. The van der Waals surface area contributed by atoms with Gasteiger partial charge in [0.15, 0.2) is 0 Å². The third kappa shape index (κ3) is 3.53. The minimum atomic E-state index is -3.67. The number of nitrogens with zero attached hydrogens (tertiary/aromatic N) is 1. The van der Waals surface area contributed by atoms with E-state index in [4.69, 9.17) is 17.3 Å². The number of halogens is 1. The van der Waals surface area contributed by atoms with Crippen molar-refractivity contribution in [3.63, 3.8) is 0 Å². The number of hydrogen-bond acceptors (Lipinski definition) is 4. The summed E-state index contributed by atoms with van der Waals surface area (Å²) in [6.07, 6.45) is 1.63. The van der Waals surface area contributed by atoms with Gasteiger partial charge in [-0.25, -0.2) is 13.1 Å². The smallest absolute Gasteiger partial charge is 0.241 e. The first kappa shape index (κ1) is 15.8. The van der Waals surface area contributed by atoms with Crippen LogP contribution < -0.4 is 10.5 Å². The summed E-state index contributed by atoms with van der Waals surface area (Å²) in [7, 11) is -3.67. The lowest BCUT2D eigenvalue weighted by molar-refractivity contribution is 0.580. The highest BCUT2D eigenvalue weighted by molar-refractivity contribution is 7.89. The van der Waals surface area contributed by atoms with Gasteiger partial charge < -0.3 is 5.73 Å². The van der Waals surface area contributed by atoms with Crippen molar-refractivity contribution in [1.82, 2.24) is 9.71 Å². The fourth-order valence-electron chi connectivity index (χ4n) is 1.87. The fraction of sp³-hybridized carbons (Fsp3) is 0.214. The minimum absolute atomic E-state index is 0.0930. The van der Waals surface area contributed by atoms with Gasteiger partial charge >= 0.3 is 0 Å². The fourth-order valence-corrected chi connectivity index (χ4v) is 3.08. The Balaban J connectivity index is 2.25. The van der Waals surface area contributed by atoms with E-state index in [2.05, 4.69) is 9.71 Å². The van der Waals surface area contributed by atoms with Gasteiger partial charge in [-0.05, 0) is 43.2 Å². The van der Waals surface area contributed by atoms with Crippen LogP contribution in [0.4, 0.5) is 5.69 Å². The van der Waals surface area contributed by atoms with E-state index in [0.717, 1.165) is 5.56 Å². The van der Waals surface area contributed by atoms with E-state index in [0.29, 0.717) is 16.3 Å². The Kier molecular flexibility index (Phi) is 4.51. The first-order valence-corrected chi connectivity index (χ1v) is 8.13. The highest BCUT2D eigenvalue weighted by Gasteiger charge is 2.17. The van der Waals surface area contributed by atoms with Crippen LogP contribution in [0.15, 0.2) is 35.4 Å². The van der Waals surface area contributed by atoms with E-state index in [1.165, 1.54) is 12.1 Å². The van der Waals surface area contributed by atoms with Crippen molar-refractivity contribution in [2.45, 2.75) is 25.3 Å². The summed E-state index contributed by atoms with van der Waals surface area (Å²) in [5, 5.41) is 0.370. The van der Waals surface area contributed by atoms with E-state index in [1.807, 2.05) is 13.0 Å². The van der Waals surface area contributed by atoms with Gasteiger partial charge in [0.25, 0.3) is 0 Å². The molecule has 0 aliphatic heterocycles. The van der Waals surface area contributed by atoms with Crippen molar-refractivity contribution in [2.75, 3.05) is 5.73 Å². The normalized spacial score (nSPS) is 11.6. The third-order valence-electron chi connectivity index (χ3n) is 3.11. The lowest BCUT2D eigenvalue weighted by atomic mass is 10.2. The van der Waals surface area contributed by atoms with Crippen LogP contribution in [0.2, 0.25) is 5.02 Å². The second kappa shape index (κ2) is 6.01. The Labute approximate surface area is 129 Å². The summed E-state index contributed by atoms with van der Waals surface area (Å²) in [5.74, 6) is 0. The number of nitrogens with one attached hydrogen (secondary N) is 1. The Morgan fingerprint density at radius 1 is 1.29 bits per heavy atom. The Bertz CT molecular complexity index is 753. The van der Waals surface area contributed by atoms with Gasteiger partial charge in [0, 0.05) is 6.20 Å². The van der Waals surface area contributed by atoms with Crippen LogP contribution in [0, 0.1) is 13.8 Å². The summed E-state index contributed by atoms with van der Waals surface area (Å²) in [5.41, 5.74) is 8.17. The molecule has 0 aliphatic carbocycles. The molecule has 0 amide bonds. The molecule has 0 bridgehead atoms. The number of pyridine rings is 1. The Morgan fingerprint density at radius 3 is 2.62 bits per heavy atom. The molecule has 1 heterocycles. The van der Waals surface area contributed by atoms with Gasteiger partial charge in [-0.1, -0.05) is 17.7 Å². The first-order chi connectivity index (χ1) is 9.81. The van der Waals surface area contributed by atoms with Gasteiger partial charge in [-0.2, -0.15) is 0 Å². The quantitative estimate of drug-likeness (QED) is 0.845. The zero-order valence-electron chi connectivity index (χ0n) is 11.7. The average molecular weight is 326 g/mol. The van der Waals surface area contributed by atoms with Crippen LogP contribution in [-0.2, 0) is 16.6 Å². The second-order valence-electron chi connectivity index (χ2n) is 4.73. The monoisotopic (exact) mass is 325 g/mol. The Hall–Kier alpha value is -1.63. The topological polar surface area (TPSA) is 85.1 Å². The molecule has 1 aromatic carbocycles. The number of aromatic nitrogens is 1. The molecular weight excluding hydrogens is 310 g/mol. The third-order valence-corrected chi connectivity index (χ3v) is 5.01. The predicted octanol–water partition coefficient (Wildman–Crippen LogP) is 2.41. The van der Waals surface area contributed by atoms with Crippen LogP contribution in [0.3, 0.4) is 0 Å². The van der Waals surface area contributed by atoms with Gasteiger partial charge in [-0.3, -0.25) is 4.98 Å². The van der Waals surface area contributed by atoms with Gasteiger partial charge in [0.1, 0.15) is 0 Å². The number of hydrogen-bond donors (Lipinski definition) is 2. The number of nitrogen functional groups attached to an aromatic ring is 1. The SMILES string of the molecule is Cc1cccnc1CNS(=O)(=O)c1cc(C)c(Cl)c(N)c1. The molecule has 112 valence electrons. The van der Waals surface area contributed by atoms with Crippen molar-refractivity contribution >= 4 is 27.3 Å². The van der Waals surface area contributed by atoms with Gasteiger partial charge in [0.2, 0.25) is 10.0 Å². The van der Waals surface area contributed by atoms with Crippen molar-refractivity contribution in [2.24, 2.45) is 0 Å². The molecule has 5 nitrogen and oxygen atoms in total. The van der Waals surface area contributed by atoms with Gasteiger partial charge in [0.05, 0.1) is 27.8 Å². The Morgan fingerprint density at radius 2 is 2.00 bits per heavy atom.